The third-order valence-electron chi connectivity index (χ3n) is 6.15. The lowest BCUT2D eigenvalue weighted by molar-refractivity contribution is -0.122. The van der Waals surface area contributed by atoms with E-state index in [0.717, 1.165) is 12.5 Å². The Bertz CT molecular complexity index is 1110. The second kappa shape index (κ2) is 9.50. The van der Waals surface area contributed by atoms with Gasteiger partial charge in [-0.25, -0.2) is 22.9 Å². The van der Waals surface area contributed by atoms with Crippen molar-refractivity contribution in [2.24, 2.45) is 22.9 Å². The highest BCUT2D eigenvalue weighted by molar-refractivity contribution is 7.89. The van der Waals surface area contributed by atoms with Crippen LogP contribution >= 0.6 is 0 Å². The van der Waals surface area contributed by atoms with Crippen molar-refractivity contribution in [1.82, 2.24) is 4.98 Å². The summed E-state index contributed by atoms with van der Waals surface area (Å²) in [6, 6.07) is 5.15. The first-order valence-corrected chi connectivity index (χ1v) is 11.9. The number of nitrogens with zero attached hydrogens (tertiary/aromatic N) is 1. The first-order chi connectivity index (χ1) is 15.0. The molecule has 3 rings (SSSR count). The van der Waals surface area contributed by atoms with E-state index >= 15 is 0 Å². The van der Waals surface area contributed by atoms with Gasteiger partial charge in [-0.15, -0.1) is 0 Å². The number of sulfonamides is 1. The van der Waals surface area contributed by atoms with Crippen LogP contribution in [0.3, 0.4) is 0 Å². The number of amides is 1. The van der Waals surface area contributed by atoms with Gasteiger partial charge in [0.25, 0.3) is 10.0 Å². The molecule has 0 bridgehead atoms. The summed E-state index contributed by atoms with van der Waals surface area (Å²) in [6.07, 6.45) is 3.21. The molecule has 2 unspecified atom stereocenters. The number of pyridine rings is 1. The van der Waals surface area contributed by atoms with Crippen LogP contribution in [-0.2, 0) is 14.8 Å². The fourth-order valence-electron chi connectivity index (χ4n) is 4.39. The fourth-order valence-corrected chi connectivity index (χ4v) is 4.89. The van der Waals surface area contributed by atoms with Gasteiger partial charge in [0.05, 0.1) is 7.11 Å². The van der Waals surface area contributed by atoms with E-state index in [4.69, 9.17) is 9.88 Å². The minimum Gasteiger partial charge on any atom is -0.493 e. The normalized spacial score (nSPS) is 21.4. The van der Waals surface area contributed by atoms with Crippen molar-refractivity contribution < 1.29 is 26.7 Å². The molecule has 1 aromatic heterocycles. The molecule has 3 atom stereocenters. The largest absolute Gasteiger partial charge is 0.493 e. The molecule has 3 N–H and O–H groups in total. The highest BCUT2D eigenvalue weighted by atomic mass is 32.2. The lowest BCUT2D eigenvalue weighted by Gasteiger charge is -2.37. The Morgan fingerprint density at radius 2 is 1.97 bits per heavy atom. The zero-order valence-corrected chi connectivity index (χ0v) is 19.0. The summed E-state index contributed by atoms with van der Waals surface area (Å²) in [6.45, 7) is 4.17. The summed E-state index contributed by atoms with van der Waals surface area (Å²) in [5.74, 6) is -2.98. The Hall–Kier alpha value is -2.59. The van der Waals surface area contributed by atoms with Crippen LogP contribution in [0, 0.1) is 29.4 Å². The third-order valence-corrected chi connectivity index (χ3v) is 6.95. The fraction of sp³-hybridized carbons (Fsp3) is 0.455. The van der Waals surface area contributed by atoms with E-state index in [0.29, 0.717) is 24.3 Å². The molecule has 1 saturated carbocycles. The molecule has 174 valence electrons. The summed E-state index contributed by atoms with van der Waals surface area (Å²) in [5.41, 5.74) is 0.672. The molecule has 1 aliphatic carbocycles. The number of nitrogens with one attached hydrogen (secondary N) is 1. The van der Waals surface area contributed by atoms with E-state index in [9.17, 15) is 22.0 Å². The number of rotatable bonds is 6. The van der Waals surface area contributed by atoms with Gasteiger partial charge >= 0.3 is 0 Å². The SMILES string of the molecule is COc1c([C@@H]2CCC(C(C)C)CC2C(=O)Nc2ccnc(S(N)(=O)=O)c2)ccc(F)c1F. The van der Waals surface area contributed by atoms with E-state index < -0.39 is 33.5 Å². The van der Waals surface area contributed by atoms with Gasteiger partial charge in [0, 0.05) is 29.4 Å². The Morgan fingerprint density at radius 3 is 2.59 bits per heavy atom. The van der Waals surface area contributed by atoms with Crippen LogP contribution in [0.4, 0.5) is 14.5 Å². The number of ether oxygens (including phenoxy) is 1. The molecule has 1 heterocycles. The van der Waals surface area contributed by atoms with E-state index in [2.05, 4.69) is 24.1 Å². The summed E-state index contributed by atoms with van der Waals surface area (Å²) in [5, 5.41) is 7.50. The summed E-state index contributed by atoms with van der Waals surface area (Å²) in [7, 11) is -2.77. The molecule has 7 nitrogen and oxygen atoms in total. The molecule has 0 aliphatic heterocycles. The Balaban J connectivity index is 1.96. The highest BCUT2D eigenvalue weighted by Gasteiger charge is 2.39. The maximum atomic E-state index is 14.4. The molecule has 2 aromatic rings. The summed E-state index contributed by atoms with van der Waals surface area (Å²) in [4.78, 5) is 17.0. The number of hydrogen-bond donors (Lipinski definition) is 2. The molecule has 10 heteroatoms. The standard InChI is InChI=1S/C22H27F2N3O4S/c1-12(2)13-4-5-15(16-6-7-18(23)20(24)21(16)31-3)17(10-13)22(28)27-14-8-9-26-19(11-14)32(25,29)30/h6-9,11-13,15,17H,4-5,10H2,1-3H3,(H2,25,29,30)(H,26,27,28)/t13?,15-,17?/m0/s1. The maximum absolute atomic E-state index is 14.4. The van der Waals surface area contributed by atoms with Crippen molar-refractivity contribution in [2.75, 3.05) is 12.4 Å². The van der Waals surface area contributed by atoms with Gasteiger partial charge in [-0.2, -0.15) is 4.39 Å². The van der Waals surface area contributed by atoms with Crippen LogP contribution in [0.25, 0.3) is 0 Å². The van der Waals surface area contributed by atoms with Gasteiger partial charge in [-0.1, -0.05) is 19.9 Å². The smallest absolute Gasteiger partial charge is 0.255 e. The van der Waals surface area contributed by atoms with Gasteiger partial charge in [0.15, 0.2) is 16.6 Å². The number of nitrogens with two attached hydrogens (primary N) is 1. The minimum atomic E-state index is -4.03. The highest BCUT2D eigenvalue weighted by Crippen LogP contribution is 2.46. The number of anilines is 1. The van der Waals surface area contributed by atoms with Crippen molar-refractivity contribution in [1.29, 1.82) is 0 Å². The van der Waals surface area contributed by atoms with Crippen LogP contribution in [0.15, 0.2) is 35.5 Å². The molecular formula is C22H27F2N3O4S. The van der Waals surface area contributed by atoms with Crippen LogP contribution in [0.1, 0.15) is 44.6 Å². The quantitative estimate of drug-likeness (QED) is 0.671. The van der Waals surface area contributed by atoms with Gasteiger partial charge in [-0.3, -0.25) is 4.79 Å². The zero-order valence-electron chi connectivity index (χ0n) is 18.1. The number of halogens is 2. The number of carbonyl (C=O) groups is 1. The average molecular weight is 468 g/mol. The first-order valence-electron chi connectivity index (χ1n) is 10.3. The number of carbonyl (C=O) groups excluding carboxylic acids is 1. The number of primary sulfonamides is 1. The van der Waals surface area contributed by atoms with Crippen molar-refractivity contribution in [2.45, 2.75) is 44.1 Å². The lowest BCUT2D eigenvalue weighted by Crippen LogP contribution is -2.35. The predicted octanol–water partition coefficient (Wildman–Crippen LogP) is 3.81. The first kappa shape index (κ1) is 24.1. The molecule has 1 amide bonds. The lowest BCUT2D eigenvalue weighted by atomic mass is 9.68. The van der Waals surface area contributed by atoms with Crippen molar-refractivity contribution in [3.05, 3.63) is 47.7 Å². The third kappa shape index (κ3) is 5.07. The van der Waals surface area contributed by atoms with Gasteiger partial charge in [-0.05, 0) is 49.1 Å². The maximum Gasteiger partial charge on any atom is 0.255 e. The molecule has 0 spiro atoms. The molecule has 32 heavy (non-hydrogen) atoms. The van der Waals surface area contributed by atoms with Crippen LogP contribution in [-0.4, -0.2) is 26.4 Å². The number of aromatic nitrogens is 1. The average Bonchev–Trinajstić information content (AvgIpc) is 2.74. The molecule has 1 aliphatic rings. The summed E-state index contributed by atoms with van der Waals surface area (Å²) >= 11 is 0. The molecule has 1 fully saturated rings. The van der Waals surface area contributed by atoms with E-state index in [1.165, 1.54) is 31.5 Å². The van der Waals surface area contributed by atoms with Crippen molar-refractivity contribution in [3.63, 3.8) is 0 Å². The Labute approximate surface area is 186 Å². The number of benzene rings is 1. The molecule has 0 radical (unpaired) electrons. The topological polar surface area (TPSA) is 111 Å². The Kier molecular flexibility index (Phi) is 7.14. The molecule has 1 aromatic carbocycles. The predicted molar refractivity (Wildman–Crippen MR) is 116 cm³/mol. The minimum absolute atomic E-state index is 0.198. The van der Waals surface area contributed by atoms with Gasteiger partial charge < -0.3 is 10.1 Å². The van der Waals surface area contributed by atoms with Crippen LogP contribution < -0.4 is 15.2 Å². The van der Waals surface area contributed by atoms with Crippen molar-refractivity contribution >= 4 is 21.6 Å². The van der Waals surface area contributed by atoms with Crippen molar-refractivity contribution in [3.8, 4) is 5.75 Å². The van der Waals surface area contributed by atoms with E-state index in [1.807, 2.05) is 0 Å². The second-order valence-corrected chi connectivity index (χ2v) is 9.94. The van der Waals surface area contributed by atoms with Gasteiger partial charge in [0.2, 0.25) is 11.7 Å². The number of methoxy groups -OCH3 is 1. The zero-order chi connectivity index (χ0) is 23.6. The van der Waals surface area contributed by atoms with Crippen LogP contribution in [0.5, 0.6) is 5.75 Å². The summed E-state index contributed by atoms with van der Waals surface area (Å²) < 4.78 is 56.4. The molecular weight excluding hydrogens is 440 g/mol. The molecule has 0 saturated heterocycles. The van der Waals surface area contributed by atoms with E-state index in [1.54, 1.807) is 0 Å². The van der Waals surface area contributed by atoms with Crippen LogP contribution in [0.2, 0.25) is 0 Å². The second-order valence-electron chi connectivity index (χ2n) is 8.43. The Morgan fingerprint density at radius 1 is 1.25 bits per heavy atom. The van der Waals surface area contributed by atoms with Gasteiger partial charge in [0.1, 0.15) is 0 Å². The monoisotopic (exact) mass is 467 g/mol. The van der Waals surface area contributed by atoms with E-state index in [-0.39, 0.29) is 28.3 Å². The number of hydrogen-bond acceptors (Lipinski definition) is 5.